The molecule has 1 aliphatic carbocycles. The van der Waals surface area contributed by atoms with Gasteiger partial charge in [-0.3, -0.25) is 9.48 Å². The van der Waals surface area contributed by atoms with Gasteiger partial charge in [-0.2, -0.15) is 5.10 Å². The fourth-order valence-corrected chi connectivity index (χ4v) is 2.87. The first-order chi connectivity index (χ1) is 9.61. The van der Waals surface area contributed by atoms with Crippen molar-refractivity contribution in [3.63, 3.8) is 0 Å². The van der Waals surface area contributed by atoms with Crippen molar-refractivity contribution >= 4 is 11.9 Å². The molecule has 0 N–H and O–H groups in total. The minimum Gasteiger partial charge on any atom is -0.289 e. The maximum atomic E-state index is 12.4. The van der Waals surface area contributed by atoms with Crippen LogP contribution in [0.25, 0.3) is 6.08 Å². The van der Waals surface area contributed by atoms with Crippen LogP contribution in [0.2, 0.25) is 0 Å². The molecule has 3 heteroatoms. The third-order valence-electron chi connectivity index (χ3n) is 3.99. The first-order valence-corrected chi connectivity index (χ1v) is 6.99. The summed E-state index contributed by atoms with van der Waals surface area (Å²) in [6.07, 6.45) is 2.75. The van der Waals surface area contributed by atoms with E-state index >= 15 is 0 Å². The normalized spacial score (nSPS) is 15.9. The van der Waals surface area contributed by atoms with E-state index in [2.05, 4.69) is 18.9 Å². The molecule has 3 rings (SSSR count). The monoisotopic (exact) mass is 266 g/mol. The standard InChI is InChI=1S/C17H18N2O/c1-4-19-12(3)16(11(2)18-19)10-14-9-13-7-5-6-8-15(13)17(14)20/h5-8,10H,4,9H2,1-3H3/b14-10+. The third-order valence-corrected chi connectivity index (χ3v) is 3.99. The summed E-state index contributed by atoms with van der Waals surface area (Å²) in [4.78, 5) is 12.4. The summed E-state index contributed by atoms with van der Waals surface area (Å²) in [5.41, 5.74) is 6.04. The lowest BCUT2D eigenvalue weighted by Crippen LogP contribution is -1.99. The van der Waals surface area contributed by atoms with Gasteiger partial charge >= 0.3 is 0 Å². The van der Waals surface area contributed by atoms with E-state index in [9.17, 15) is 4.79 Å². The average molecular weight is 266 g/mol. The number of nitrogens with zero attached hydrogens (tertiary/aromatic N) is 2. The van der Waals surface area contributed by atoms with Gasteiger partial charge in [-0.15, -0.1) is 0 Å². The molecule has 2 aromatic rings. The molecular formula is C17H18N2O. The Hall–Kier alpha value is -2.16. The largest absolute Gasteiger partial charge is 0.289 e. The lowest BCUT2D eigenvalue weighted by atomic mass is 10.1. The number of ketones is 1. The van der Waals surface area contributed by atoms with Crippen molar-refractivity contribution in [2.45, 2.75) is 33.7 Å². The van der Waals surface area contributed by atoms with Crippen LogP contribution < -0.4 is 0 Å². The van der Waals surface area contributed by atoms with E-state index in [1.807, 2.05) is 41.9 Å². The quantitative estimate of drug-likeness (QED) is 0.781. The Labute approximate surface area is 118 Å². The van der Waals surface area contributed by atoms with E-state index in [0.29, 0.717) is 0 Å². The predicted molar refractivity (Wildman–Crippen MR) is 79.8 cm³/mol. The number of aryl methyl sites for hydroxylation is 2. The molecule has 0 atom stereocenters. The van der Waals surface area contributed by atoms with Crippen LogP contribution >= 0.6 is 0 Å². The highest BCUT2D eigenvalue weighted by atomic mass is 16.1. The number of fused-ring (bicyclic) bond motifs is 1. The van der Waals surface area contributed by atoms with Crippen LogP contribution in [-0.2, 0) is 13.0 Å². The first-order valence-electron chi connectivity index (χ1n) is 6.99. The van der Waals surface area contributed by atoms with E-state index in [4.69, 9.17) is 0 Å². The fourth-order valence-electron chi connectivity index (χ4n) is 2.87. The number of carbonyl (C=O) groups excluding carboxylic acids is 1. The van der Waals surface area contributed by atoms with E-state index in [-0.39, 0.29) is 5.78 Å². The summed E-state index contributed by atoms with van der Waals surface area (Å²) < 4.78 is 1.98. The molecule has 0 saturated heterocycles. The number of hydrogen-bond donors (Lipinski definition) is 0. The Morgan fingerprint density at radius 2 is 2.05 bits per heavy atom. The summed E-state index contributed by atoms with van der Waals surface area (Å²) in [5, 5.41) is 4.51. The summed E-state index contributed by atoms with van der Waals surface area (Å²) in [5.74, 6) is 0.156. The molecule has 0 aliphatic heterocycles. The van der Waals surface area contributed by atoms with Gasteiger partial charge in [0.2, 0.25) is 0 Å². The van der Waals surface area contributed by atoms with E-state index in [1.54, 1.807) is 0 Å². The Morgan fingerprint density at radius 3 is 2.70 bits per heavy atom. The molecule has 102 valence electrons. The fraction of sp³-hybridized carbons (Fsp3) is 0.294. The van der Waals surface area contributed by atoms with Gasteiger partial charge in [-0.1, -0.05) is 24.3 Å². The van der Waals surface area contributed by atoms with Crippen molar-refractivity contribution in [2.24, 2.45) is 0 Å². The zero-order valence-electron chi connectivity index (χ0n) is 12.1. The molecule has 20 heavy (non-hydrogen) atoms. The minimum atomic E-state index is 0.156. The molecule has 1 aliphatic rings. The van der Waals surface area contributed by atoms with Crippen LogP contribution in [0.15, 0.2) is 29.8 Å². The molecule has 0 amide bonds. The van der Waals surface area contributed by atoms with Gasteiger partial charge in [0.15, 0.2) is 5.78 Å². The lowest BCUT2D eigenvalue weighted by Gasteiger charge is -2.00. The predicted octanol–water partition coefficient (Wildman–Crippen LogP) is 3.34. The highest BCUT2D eigenvalue weighted by molar-refractivity contribution is 6.15. The Balaban J connectivity index is 2.04. The first kappa shape index (κ1) is 12.9. The van der Waals surface area contributed by atoms with Crippen LogP contribution in [0.1, 0.15) is 39.8 Å². The maximum Gasteiger partial charge on any atom is 0.189 e. The zero-order chi connectivity index (χ0) is 14.3. The van der Waals surface area contributed by atoms with E-state index < -0.39 is 0 Å². The van der Waals surface area contributed by atoms with Gasteiger partial charge in [-0.25, -0.2) is 0 Å². The minimum absolute atomic E-state index is 0.156. The molecule has 1 aromatic heterocycles. The molecule has 1 heterocycles. The van der Waals surface area contributed by atoms with Gasteiger partial charge in [0.25, 0.3) is 0 Å². The van der Waals surface area contributed by atoms with Crippen molar-refractivity contribution in [3.05, 3.63) is 57.9 Å². The second kappa shape index (κ2) is 4.75. The van der Waals surface area contributed by atoms with Gasteiger partial charge in [0, 0.05) is 35.4 Å². The van der Waals surface area contributed by atoms with Gasteiger partial charge in [-0.05, 0) is 32.4 Å². The van der Waals surface area contributed by atoms with Crippen LogP contribution in [0.3, 0.4) is 0 Å². The molecular weight excluding hydrogens is 248 g/mol. The molecule has 3 nitrogen and oxygen atoms in total. The van der Waals surface area contributed by atoms with E-state index in [1.165, 1.54) is 0 Å². The number of allylic oxidation sites excluding steroid dienone is 1. The van der Waals surface area contributed by atoms with Crippen LogP contribution in [0.5, 0.6) is 0 Å². The van der Waals surface area contributed by atoms with Gasteiger partial charge in [0.1, 0.15) is 0 Å². The van der Waals surface area contributed by atoms with E-state index in [0.717, 1.165) is 46.6 Å². The molecule has 0 radical (unpaired) electrons. The highest BCUT2D eigenvalue weighted by Gasteiger charge is 2.24. The lowest BCUT2D eigenvalue weighted by molar-refractivity contribution is 0.104. The van der Waals surface area contributed by atoms with Gasteiger partial charge < -0.3 is 0 Å². The number of aromatic nitrogens is 2. The van der Waals surface area contributed by atoms with Crippen molar-refractivity contribution in [3.8, 4) is 0 Å². The topological polar surface area (TPSA) is 34.9 Å². The summed E-state index contributed by atoms with van der Waals surface area (Å²) >= 11 is 0. The van der Waals surface area contributed by atoms with Crippen molar-refractivity contribution in [2.75, 3.05) is 0 Å². The number of Topliss-reactive ketones (excluding diaryl/α,β-unsaturated/α-hetero) is 1. The molecule has 0 bridgehead atoms. The summed E-state index contributed by atoms with van der Waals surface area (Å²) in [6.45, 7) is 6.98. The molecule has 0 unspecified atom stereocenters. The zero-order valence-corrected chi connectivity index (χ0v) is 12.1. The maximum absolute atomic E-state index is 12.4. The number of carbonyl (C=O) groups is 1. The number of rotatable bonds is 2. The summed E-state index contributed by atoms with van der Waals surface area (Å²) in [6, 6.07) is 7.85. The third kappa shape index (κ3) is 1.90. The SMILES string of the molecule is CCn1nc(C)c(/C=C2\Cc3ccccc3C2=O)c1C. The Kier molecular flexibility index (Phi) is 3.05. The number of benzene rings is 1. The molecule has 0 spiro atoms. The van der Waals surface area contributed by atoms with Crippen molar-refractivity contribution < 1.29 is 4.79 Å². The smallest absolute Gasteiger partial charge is 0.189 e. The second-order valence-corrected chi connectivity index (χ2v) is 5.23. The molecule has 1 aromatic carbocycles. The highest BCUT2D eigenvalue weighted by Crippen LogP contribution is 2.28. The number of hydrogen-bond acceptors (Lipinski definition) is 2. The summed E-state index contributed by atoms with van der Waals surface area (Å²) in [7, 11) is 0. The van der Waals surface area contributed by atoms with Crippen molar-refractivity contribution in [1.82, 2.24) is 9.78 Å². The van der Waals surface area contributed by atoms with Crippen LogP contribution in [0.4, 0.5) is 0 Å². The van der Waals surface area contributed by atoms with Crippen molar-refractivity contribution in [1.29, 1.82) is 0 Å². The Bertz CT molecular complexity index is 723. The average Bonchev–Trinajstić information content (AvgIpc) is 2.91. The second-order valence-electron chi connectivity index (χ2n) is 5.23. The Morgan fingerprint density at radius 1 is 1.30 bits per heavy atom. The molecule has 0 fully saturated rings. The molecule has 0 saturated carbocycles. The van der Waals surface area contributed by atoms with Crippen LogP contribution in [0, 0.1) is 13.8 Å². The van der Waals surface area contributed by atoms with Gasteiger partial charge in [0.05, 0.1) is 5.69 Å². The van der Waals surface area contributed by atoms with Crippen LogP contribution in [-0.4, -0.2) is 15.6 Å².